The molecule has 0 spiro atoms. The Kier molecular flexibility index (Phi) is 4.90. The van der Waals surface area contributed by atoms with Crippen molar-refractivity contribution < 1.29 is 9.32 Å². The van der Waals surface area contributed by atoms with Crippen molar-refractivity contribution in [1.29, 1.82) is 5.26 Å². The van der Waals surface area contributed by atoms with Crippen molar-refractivity contribution in [1.82, 2.24) is 15.0 Å². The van der Waals surface area contributed by atoms with Crippen LogP contribution in [-0.2, 0) is 6.42 Å². The maximum atomic E-state index is 12.7. The van der Waals surface area contributed by atoms with Crippen molar-refractivity contribution in [2.75, 3.05) is 13.1 Å². The summed E-state index contributed by atoms with van der Waals surface area (Å²) in [6.07, 6.45) is 3.62. The van der Waals surface area contributed by atoms with Crippen LogP contribution in [0.5, 0.6) is 0 Å². The SMILES string of the molecule is CCCc1noc([C@H]2CCCN(C(=O)c3cccc(C#N)c3)C2)n1. The summed E-state index contributed by atoms with van der Waals surface area (Å²) >= 11 is 0. The minimum Gasteiger partial charge on any atom is -0.339 e. The first-order valence-electron chi connectivity index (χ1n) is 8.33. The number of rotatable bonds is 4. The van der Waals surface area contributed by atoms with Crippen molar-refractivity contribution in [3.05, 3.63) is 47.1 Å². The van der Waals surface area contributed by atoms with Crippen molar-refractivity contribution >= 4 is 5.91 Å². The van der Waals surface area contributed by atoms with Gasteiger partial charge in [-0.05, 0) is 37.5 Å². The summed E-state index contributed by atoms with van der Waals surface area (Å²) in [5.74, 6) is 1.39. The van der Waals surface area contributed by atoms with Gasteiger partial charge in [-0.2, -0.15) is 10.2 Å². The van der Waals surface area contributed by atoms with E-state index in [4.69, 9.17) is 9.78 Å². The van der Waals surface area contributed by atoms with E-state index < -0.39 is 0 Å². The Morgan fingerprint density at radius 1 is 1.50 bits per heavy atom. The Morgan fingerprint density at radius 3 is 3.17 bits per heavy atom. The summed E-state index contributed by atoms with van der Waals surface area (Å²) in [7, 11) is 0. The predicted molar refractivity (Wildman–Crippen MR) is 87.3 cm³/mol. The largest absolute Gasteiger partial charge is 0.339 e. The second-order valence-electron chi connectivity index (χ2n) is 6.08. The van der Waals surface area contributed by atoms with Gasteiger partial charge in [-0.25, -0.2) is 0 Å². The molecule has 1 aliphatic heterocycles. The maximum Gasteiger partial charge on any atom is 0.253 e. The van der Waals surface area contributed by atoms with Crippen molar-refractivity contribution in [2.24, 2.45) is 0 Å². The Morgan fingerprint density at radius 2 is 2.38 bits per heavy atom. The van der Waals surface area contributed by atoms with Gasteiger partial charge in [0, 0.05) is 25.1 Å². The first kappa shape index (κ1) is 16.2. The number of piperidine rings is 1. The molecule has 2 aromatic rings. The van der Waals surface area contributed by atoms with Crippen molar-refractivity contribution in [3.8, 4) is 6.07 Å². The van der Waals surface area contributed by atoms with Gasteiger partial charge in [-0.1, -0.05) is 18.1 Å². The molecule has 124 valence electrons. The molecule has 1 saturated heterocycles. The van der Waals surface area contributed by atoms with Gasteiger partial charge < -0.3 is 9.42 Å². The molecule has 3 rings (SSSR count). The molecule has 0 N–H and O–H groups in total. The second kappa shape index (κ2) is 7.26. The summed E-state index contributed by atoms with van der Waals surface area (Å²) < 4.78 is 5.38. The van der Waals surface area contributed by atoms with Gasteiger partial charge in [0.05, 0.1) is 17.6 Å². The normalized spacial score (nSPS) is 17.5. The van der Waals surface area contributed by atoms with Gasteiger partial charge in [0.2, 0.25) is 5.89 Å². The van der Waals surface area contributed by atoms with Crippen LogP contribution in [0.15, 0.2) is 28.8 Å². The van der Waals surface area contributed by atoms with Gasteiger partial charge in [0.1, 0.15) is 0 Å². The smallest absolute Gasteiger partial charge is 0.253 e. The third-order valence-electron chi connectivity index (χ3n) is 4.25. The Hall–Kier alpha value is -2.68. The molecule has 0 radical (unpaired) electrons. The standard InChI is InChI=1S/C18H20N4O2/c1-2-5-16-20-17(24-21-16)15-8-4-9-22(12-15)18(23)14-7-3-6-13(10-14)11-19/h3,6-7,10,15H,2,4-5,8-9,12H2,1H3/t15-/m0/s1. The number of hydrogen-bond donors (Lipinski definition) is 0. The minimum absolute atomic E-state index is 0.0508. The van der Waals surface area contributed by atoms with Crippen LogP contribution in [-0.4, -0.2) is 34.0 Å². The first-order valence-corrected chi connectivity index (χ1v) is 8.33. The number of hydrogen-bond acceptors (Lipinski definition) is 5. The monoisotopic (exact) mass is 324 g/mol. The van der Waals surface area contributed by atoms with E-state index in [9.17, 15) is 4.79 Å². The summed E-state index contributed by atoms with van der Waals surface area (Å²) in [6, 6.07) is 8.89. The molecule has 6 nitrogen and oxygen atoms in total. The lowest BCUT2D eigenvalue weighted by atomic mass is 9.97. The van der Waals surface area contributed by atoms with Crippen LogP contribution < -0.4 is 0 Å². The lowest BCUT2D eigenvalue weighted by Gasteiger charge is -2.31. The molecule has 0 saturated carbocycles. The number of aryl methyl sites for hydroxylation is 1. The van der Waals surface area contributed by atoms with Gasteiger partial charge in [-0.3, -0.25) is 4.79 Å². The number of nitriles is 1. The van der Waals surface area contributed by atoms with Crippen molar-refractivity contribution in [2.45, 2.75) is 38.5 Å². The number of aromatic nitrogens is 2. The van der Waals surface area contributed by atoms with E-state index in [-0.39, 0.29) is 11.8 Å². The number of nitrogens with zero attached hydrogens (tertiary/aromatic N) is 4. The van der Waals surface area contributed by atoms with Crippen LogP contribution in [0.4, 0.5) is 0 Å². The van der Waals surface area contributed by atoms with Crippen LogP contribution in [0.2, 0.25) is 0 Å². The number of benzene rings is 1. The summed E-state index contributed by atoms with van der Waals surface area (Å²) in [6.45, 7) is 3.36. The summed E-state index contributed by atoms with van der Waals surface area (Å²) in [5.41, 5.74) is 1.04. The number of carbonyl (C=O) groups is 1. The van der Waals surface area contributed by atoms with Gasteiger partial charge in [0.25, 0.3) is 5.91 Å². The second-order valence-corrected chi connectivity index (χ2v) is 6.08. The van der Waals surface area contributed by atoms with Crippen LogP contribution in [0.25, 0.3) is 0 Å². The fraction of sp³-hybridized carbons (Fsp3) is 0.444. The molecule has 24 heavy (non-hydrogen) atoms. The summed E-state index contributed by atoms with van der Waals surface area (Å²) in [5, 5.41) is 13.0. The molecule has 6 heteroatoms. The topological polar surface area (TPSA) is 83.0 Å². The zero-order valence-electron chi connectivity index (χ0n) is 13.7. The lowest BCUT2D eigenvalue weighted by Crippen LogP contribution is -2.39. The van der Waals surface area contributed by atoms with E-state index >= 15 is 0 Å². The molecule has 1 aromatic heterocycles. The molecular weight excluding hydrogens is 304 g/mol. The summed E-state index contributed by atoms with van der Waals surface area (Å²) in [4.78, 5) is 19.0. The number of amides is 1. The van der Waals surface area contributed by atoms with Crippen LogP contribution in [0.1, 0.15) is 59.7 Å². The highest BCUT2D eigenvalue weighted by molar-refractivity contribution is 5.94. The molecule has 0 unspecified atom stereocenters. The van der Waals surface area contributed by atoms with Crippen LogP contribution in [0.3, 0.4) is 0 Å². The number of carbonyl (C=O) groups excluding carboxylic acids is 1. The average molecular weight is 324 g/mol. The molecule has 1 amide bonds. The zero-order valence-corrected chi connectivity index (χ0v) is 13.7. The van der Waals surface area contributed by atoms with E-state index in [0.29, 0.717) is 30.1 Å². The third kappa shape index (κ3) is 3.46. The molecule has 1 fully saturated rings. The molecule has 0 aliphatic carbocycles. The molecule has 1 atom stereocenters. The zero-order chi connectivity index (χ0) is 16.9. The number of likely N-dealkylation sites (tertiary alicyclic amines) is 1. The van der Waals surface area contributed by atoms with Crippen LogP contribution in [0, 0.1) is 11.3 Å². The average Bonchev–Trinajstić information content (AvgIpc) is 3.10. The highest BCUT2D eigenvalue weighted by atomic mass is 16.5. The third-order valence-corrected chi connectivity index (χ3v) is 4.25. The van der Waals surface area contributed by atoms with Crippen LogP contribution >= 0.6 is 0 Å². The minimum atomic E-state index is -0.0508. The Bertz CT molecular complexity index is 762. The fourth-order valence-electron chi connectivity index (χ4n) is 3.03. The van der Waals surface area contributed by atoms with E-state index in [1.165, 1.54) is 0 Å². The molecule has 2 heterocycles. The molecule has 1 aromatic carbocycles. The van der Waals surface area contributed by atoms with E-state index in [2.05, 4.69) is 23.1 Å². The fourth-order valence-corrected chi connectivity index (χ4v) is 3.03. The lowest BCUT2D eigenvalue weighted by molar-refractivity contribution is 0.0695. The van der Waals surface area contributed by atoms with E-state index in [1.54, 1.807) is 24.3 Å². The Balaban J connectivity index is 1.72. The first-order chi connectivity index (χ1) is 11.7. The maximum absolute atomic E-state index is 12.7. The van der Waals surface area contributed by atoms with Gasteiger partial charge in [0.15, 0.2) is 5.82 Å². The van der Waals surface area contributed by atoms with E-state index in [1.807, 2.05) is 4.90 Å². The molecular formula is C18H20N4O2. The molecule has 1 aliphatic rings. The van der Waals surface area contributed by atoms with Gasteiger partial charge >= 0.3 is 0 Å². The van der Waals surface area contributed by atoms with Gasteiger partial charge in [-0.15, -0.1) is 0 Å². The quantitative estimate of drug-likeness (QED) is 0.863. The molecule has 0 bridgehead atoms. The van der Waals surface area contributed by atoms with E-state index in [0.717, 1.165) is 31.5 Å². The van der Waals surface area contributed by atoms with Crippen molar-refractivity contribution in [3.63, 3.8) is 0 Å². The predicted octanol–water partition coefficient (Wildman–Crippen LogP) is 2.91. The Labute approximate surface area is 141 Å². The highest BCUT2D eigenvalue weighted by Gasteiger charge is 2.29. The highest BCUT2D eigenvalue weighted by Crippen LogP contribution is 2.27.